The van der Waals surface area contributed by atoms with Crippen LogP contribution in [0.15, 0.2) is 22.7 Å². The van der Waals surface area contributed by atoms with Gasteiger partial charge in [-0.15, -0.1) is 0 Å². The monoisotopic (exact) mass is 298 g/mol. The van der Waals surface area contributed by atoms with Crippen LogP contribution in [0.3, 0.4) is 0 Å². The van der Waals surface area contributed by atoms with Gasteiger partial charge in [0.15, 0.2) is 0 Å². The van der Waals surface area contributed by atoms with Crippen molar-refractivity contribution in [3.05, 3.63) is 28.2 Å². The largest absolute Gasteiger partial charge is 0.388 e. The highest BCUT2D eigenvalue weighted by atomic mass is 79.9. The van der Waals surface area contributed by atoms with Crippen molar-refractivity contribution >= 4 is 21.6 Å². The zero-order valence-electron chi connectivity index (χ0n) is 10.1. The van der Waals surface area contributed by atoms with Crippen molar-refractivity contribution in [3.8, 4) is 0 Å². The Bertz CT molecular complexity index is 389. The van der Waals surface area contributed by atoms with E-state index in [2.05, 4.69) is 39.6 Å². The highest BCUT2D eigenvalue weighted by Gasteiger charge is 2.28. The molecule has 2 rings (SSSR count). The zero-order chi connectivity index (χ0) is 12.3. The summed E-state index contributed by atoms with van der Waals surface area (Å²) in [5, 5.41) is 17.0. The number of piperidine rings is 1. The third kappa shape index (κ3) is 3.44. The number of anilines is 1. The first kappa shape index (κ1) is 12.9. The van der Waals surface area contributed by atoms with E-state index in [1.807, 2.05) is 12.1 Å². The molecule has 17 heavy (non-hydrogen) atoms. The average molecular weight is 299 g/mol. The lowest BCUT2D eigenvalue weighted by Gasteiger charge is -2.33. The third-order valence-electron chi connectivity index (χ3n) is 3.33. The zero-order valence-corrected chi connectivity index (χ0v) is 11.7. The molecule has 1 aliphatic heterocycles. The van der Waals surface area contributed by atoms with E-state index in [1.54, 1.807) is 0 Å². The first-order chi connectivity index (χ1) is 8.09. The second kappa shape index (κ2) is 5.38. The second-order valence-electron chi connectivity index (χ2n) is 4.79. The molecule has 0 saturated carbocycles. The van der Waals surface area contributed by atoms with Crippen LogP contribution in [0.1, 0.15) is 18.4 Å². The summed E-state index contributed by atoms with van der Waals surface area (Å²) in [5.41, 5.74) is 1.72. The van der Waals surface area contributed by atoms with Crippen LogP contribution in [-0.2, 0) is 0 Å². The Balaban J connectivity index is 1.97. The van der Waals surface area contributed by atoms with E-state index in [-0.39, 0.29) is 0 Å². The lowest BCUT2D eigenvalue weighted by molar-refractivity contribution is 0.0232. The lowest BCUT2D eigenvalue weighted by atomic mass is 9.92. The number of benzene rings is 1. The molecule has 94 valence electrons. The van der Waals surface area contributed by atoms with Crippen molar-refractivity contribution in [3.63, 3.8) is 0 Å². The maximum Gasteiger partial charge on any atom is 0.0843 e. The number of hydrogen-bond acceptors (Lipinski definition) is 3. The van der Waals surface area contributed by atoms with Crippen molar-refractivity contribution in [1.29, 1.82) is 0 Å². The third-order valence-corrected chi connectivity index (χ3v) is 3.82. The fourth-order valence-corrected chi connectivity index (χ4v) is 2.63. The van der Waals surface area contributed by atoms with Gasteiger partial charge in [0.25, 0.3) is 0 Å². The van der Waals surface area contributed by atoms with E-state index >= 15 is 0 Å². The normalized spacial score (nSPS) is 19.0. The van der Waals surface area contributed by atoms with Crippen LogP contribution in [0.5, 0.6) is 0 Å². The topological polar surface area (TPSA) is 44.3 Å². The predicted molar refractivity (Wildman–Crippen MR) is 74.4 cm³/mol. The number of aryl methyl sites for hydroxylation is 1. The number of rotatable bonds is 3. The smallest absolute Gasteiger partial charge is 0.0843 e. The van der Waals surface area contributed by atoms with Crippen LogP contribution in [0.4, 0.5) is 5.69 Å². The van der Waals surface area contributed by atoms with Gasteiger partial charge in [0, 0.05) is 16.7 Å². The molecule has 0 spiro atoms. The first-order valence-electron chi connectivity index (χ1n) is 6.02. The van der Waals surface area contributed by atoms with Crippen molar-refractivity contribution in [2.75, 3.05) is 25.0 Å². The van der Waals surface area contributed by atoms with E-state index < -0.39 is 5.60 Å². The Morgan fingerprint density at radius 3 is 2.76 bits per heavy atom. The first-order valence-corrected chi connectivity index (χ1v) is 6.81. The highest BCUT2D eigenvalue weighted by Crippen LogP contribution is 2.23. The van der Waals surface area contributed by atoms with Crippen molar-refractivity contribution in [2.45, 2.75) is 25.4 Å². The molecule has 3 N–H and O–H groups in total. The molecule has 1 saturated heterocycles. The Hall–Kier alpha value is -0.580. The van der Waals surface area contributed by atoms with Crippen molar-refractivity contribution < 1.29 is 5.11 Å². The number of halogens is 1. The summed E-state index contributed by atoms with van der Waals surface area (Å²) in [6.07, 6.45) is 1.63. The lowest BCUT2D eigenvalue weighted by Crippen LogP contribution is -2.46. The summed E-state index contributed by atoms with van der Waals surface area (Å²) in [5.74, 6) is 0. The Kier molecular flexibility index (Phi) is 4.07. The van der Waals surface area contributed by atoms with Crippen LogP contribution in [0, 0.1) is 6.92 Å². The van der Waals surface area contributed by atoms with E-state index in [4.69, 9.17) is 0 Å². The molecule has 3 nitrogen and oxygen atoms in total. The minimum Gasteiger partial charge on any atom is -0.388 e. The number of aliphatic hydroxyl groups is 1. The molecule has 1 aromatic rings. The van der Waals surface area contributed by atoms with E-state index in [1.165, 1.54) is 5.56 Å². The molecular formula is C13H19BrN2O. The molecule has 0 aromatic heterocycles. The van der Waals surface area contributed by atoms with Crippen molar-refractivity contribution in [2.24, 2.45) is 0 Å². The van der Waals surface area contributed by atoms with E-state index in [0.29, 0.717) is 6.54 Å². The van der Waals surface area contributed by atoms with Gasteiger partial charge in [0.05, 0.1) is 5.60 Å². The fourth-order valence-electron chi connectivity index (χ4n) is 2.15. The molecule has 0 unspecified atom stereocenters. The van der Waals surface area contributed by atoms with Gasteiger partial charge >= 0.3 is 0 Å². The van der Waals surface area contributed by atoms with Gasteiger partial charge in [-0.25, -0.2) is 0 Å². The summed E-state index contributed by atoms with van der Waals surface area (Å²) in [4.78, 5) is 0. The molecule has 0 atom stereocenters. The number of nitrogens with one attached hydrogen (secondary N) is 2. The summed E-state index contributed by atoms with van der Waals surface area (Å²) in [7, 11) is 0. The molecule has 1 aliphatic rings. The number of hydrogen-bond donors (Lipinski definition) is 3. The van der Waals surface area contributed by atoms with Gasteiger partial charge in [-0.1, -0.05) is 15.9 Å². The SMILES string of the molecule is Cc1cc(Br)ccc1NCC1(O)CCNCC1. The fraction of sp³-hybridized carbons (Fsp3) is 0.538. The maximum absolute atomic E-state index is 10.4. The summed E-state index contributed by atoms with van der Waals surface area (Å²) < 4.78 is 1.08. The molecule has 0 aliphatic carbocycles. The standard InChI is InChI=1S/C13H19BrN2O/c1-10-8-11(14)2-3-12(10)16-9-13(17)4-6-15-7-5-13/h2-3,8,15-17H,4-7,9H2,1H3. The molecule has 1 fully saturated rings. The summed E-state index contributed by atoms with van der Waals surface area (Å²) >= 11 is 3.45. The van der Waals surface area contributed by atoms with E-state index in [0.717, 1.165) is 36.1 Å². The quantitative estimate of drug-likeness (QED) is 0.802. The molecule has 1 aromatic carbocycles. The van der Waals surface area contributed by atoms with Gasteiger partial charge in [-0.3, -0.25) is 0 Å². The Morgan fingerprint density at radius 1 is 1.41 bits per heavy atom. The molecule has 0 bridgehead atoms. The summed E-state index contributed by atoms with van der Waals surface area (Å²) in [6, 6.07) is 6.14. The van der Waals surface area contributed by atoms with Gasteiger partial charge in [0.2, 0.25) is 0 Å². The average Bonchev–Trinajstić information content (AvgIpc) is 2.29. The summed E-state index contributed by atoms with van der Waals surface area (Å²) in [6.45, 7) is 4.49. The van der Waals surface area contributed by atoms with Crippen LogP contribution < -0.4 is 10.6 Å². The minimum absolute atomic E-state index is 0.565. The molecule has 1 heterocycles. The molecule has 0 amide bonds. The molecular weight excluding hydrogens is 280 g/mol. The predicted octanol–water partition coefficient (Wildman–Crippen LogP) is 2.28. The van der Waals surface area contributed by atoms with Crippen LogP contribution >= 0.6 is 15.9 Å². The van der Waals surface area contributed by atoms with Crippen LogP contribution in [0.2, 0.25) is 0 Å². The van der Waals surface area contributed by atoms with Gasteiger partial charge in [-0.05, 0) is 56.6 Å². The maximum atomic E-state index is 10.4. The van der Waals surface area contributed by atoms with Gasteiger partial charge in [-0.2, -0.15) is 0 Å². The Morgan fingerprint density at radius 2 is 2.12 bits per heavy atom. The Labute approximate surface area is 111 Å². The second-order valence-corrected chi connectivity index (χ2v) is 5.70. The minimum atomic E-state index is -0.565. The molecule has 0 radical (unpaired) electrons. The van der Waals surface area contributed by atoms with Crippen LogP contribution in [-0.4, -0.2) is 30.3 Å². The van der Waals surface area contributed by atoms with E-state index in [9.17, 15) is 5.11 Å². The van der Waals surface area contributed by atoms with Crippen molar-refractivity contribution in [1.82, 2.24) is 5.32 Å². The highest BCUT2D eigenvalue weighted by molar-refractivity contribution is 9.10. The van der Waals surface area contributed by atoms with Gasteiger partial charge < -0.3 is 15.7 Å². The molecule has 4 heteroatoms. The van der Waals surface area contributed by atoms with Gasteiger partial charge in [0.1, 0.15) is 0 Å². The van der Waals surface area contributed by atoms with Crippen LogP contribution in [0.25, 0.3) is 0 Å².